The van der Waals surface area contributed by atoms with Gasteiger partial charge in [0.05, 0.1) is 0 Å². The number of carbonyl (C=O) groups excluding carboxylic acids is 2. The van der Waals surface area contributed by atoms with Crippen molar-refractivity contribution in [1.82, 2.24) is 0 Å². The number of benzene rings is 1. The third-order valence-corrected chi connectivity index (χ3v) is 1.45. The maximum Gasteiger partial charge on any atom is 0.150 e. The molecule has 13 heavy (non-hydrogen) atoms. The molecule has 1 aromatic rings. The minimum atomic E-state index is -0.491. The Balaban J connectivity index is 3.07. The molecule has 0 fully saturated rings. The minimum absolute atomic E-state index is 0.255. The van der Waals surface area contributed by atoms with Crippen LogP contribution < -0.4 is 0 Å². The van der Waals surface area contributed by atoms with E-state index in [1.807, 2.05) is 0 Å². The largest absolute Gasteiger partial charge is 0.299 e. The van der Waals surface area contributed by atoms with Crippen molar-refractivity contribution in [3.63, 3.8) is 0 Å². The number of hydrogen-bond acceptors (Lipinski definition) is 2. The lowest BCUT2D eigenvalue weighted by Crippen LogP contribution is -1.84. The molecule has 1 rings (SSSR count). The van der Waals surface area contributed by atoms with E-state index in [0.717, 1.165) is 6.07 Å². The third kappa shape index (κ3) is 2.63. The highest BCUT2D eigenvalue weighted by Crippen LogP contribution is 2.08. The molecular formula is C10H7FO2. The van der Waals surface area contributed by atoms with E-state index in [2.05, 4.69) is 0 Å². The maximum atomic E-state index is 12.8. The fourth-order valence-electron chi connectivity index (χ4n) is 0.951. The second-order valence-corrected chi connectivity index (χ2v) is 2.43. The van der Waals surface area contributed by atoms with Gasteiger partial charge in [0.15, 0.2) is 0 Å². The summed E-state index contributed by atoms with van der Waals surface area (Å²) < 4.78 is 12.8. The Kier molecular flexibility index (Phi) is 3.09. The molecule has 3 heteroatoms. The Bertz CT molecular complexity index is 356. The highest BCUT2D eigenvalue weighted by atomic mass is 19.1. The maximum absolute atomic E-state index is 12.8. The molecule has 0 atom stereocenters. The second-order valence-electron chi connectivity index (χ2n) is 2.43. The zero-order chi connectivity index (χ0) is 9.68. The standard InChI is InChI=1S/C10H7FO2/c11-10-5-8(2-1-3-12)4-9(6-10)7-13/h1-7H. The van der Waals surface area contributed by atoms with Gasteiger partial charge >= 0.3 is 0 Å². The van der Waals surface area contributed by atoms with E-state index in [9.17, 15) is 14.0 Å². The van der Waals surface area contributed by atoms with Crippen LogP contribution in [0.2, 0.25) is 0 Å². The van der Waals surface area contributed by atoms with Crippen LogP contribution >= 0.6 is 0 Å². The second kappa shape index (κ2) is 4.30. The summed E-state index contributed by atoms with van der Waals surface area (Å²) >= 11 is 0. The van der Waals surface area contributed by atoms with Crippen LogP contribution in [0.5, 0.6) is 0 Å². The molecule has 0 saturated carbocycles. The van der Waals surface area contributed by atoms with Crippen LogP contribution in [0, 0.1) is 5.82 Å². The van der Waals surface area contributed by atoms with E-state index in [-0.39, 0.29) is 5.56 Å². The molecular weight excluding hydrogens is 171 g/mol. The summed E-state index contributed by atoms with van der Waals surface area (Å²) in [5, 5.41) is 0. The van der Waals surface area contributed by atoms with Gasteiger partial charge in [0.2, 0.25) is 0 Å². The molecule has 0 unspecified atom stereocenters. The summed E-state index contributed by atoms with van der Waals surface area (Å²) in [4.78, 5) is 20.3. The zero-order valence-corrected chi connectivity index (χ0v) is 6.74. The molecule has 1 aromatic carbocycles. The van der Waals surface area contributed by atoms with Crippen LogP contribution in [-0.2, 0) is 4.79 Å². The number of rotatable bonds is 3. The lowest BCUT2D eigenvalue weighted by Gasteiger charge is -1.95. The summed E-state index contributed by atoms with van der Waals surface area (Å²) in [6.07, 6.45) is 3.82. The number of allylic oxidation sites excluding steroid dienone is 1. The first-order valence-corrected chi connectivity index (χ1v) is 3.64. The fourth-order valence-corrected chi connectivity index (χ4v) is 0.951. The van der Waals surface area contributed by atoms with Gasteiger partial charge in [-0.2, -0.15) is 0 Å². The summed E-state index contributed by atoms with van der Waals surface area (Å²) in [6.45, 7) is 0. The van der Waals surface area contributed by atoms with Gasteiger partial charge in [0.1, 0.15) is 18.4 Å². The van der Waals surface area contributed by atoms with Gasteiger partial charge in [0, 0.05) is 5.56 Å². The van der Waals surface area contributed by atoms with Crippen molar-refractivity contribution >= 4 is 18.6 Å². The molecule has 0 aromatic heterocycles. The Hall–Kier alpha value is -1.77. The van der Waals surface area contributed by atoms with Gasteiger partial charge in [-0.25, -0.2) is 4.39 Å². The fraction of sp³-hybridized carbons (Fsp3) is 0. The summed E-state index contributed by atoms with van der Waals surface area (Å²) in [5.74, 6) is -0.491. The Morgan fingerprint density at radius 2 is 1.77 bits per heavy atom. The normalized spacial score (nSPS) is 10.2. The van der Waals surface area contributed by atoms with Gasteiger partial charge in [-0.05, 0) is 29.8 Å². The van der Waals surface area contributed by atoms with Crippen molar-refractivity contribution in [3.8, 4) is 0 Å². The SMILES string of the molecule is O=CC=Cc1cc(F)cc(C=O)c1. The van der Waals surface area contributed by atoms with Crippen molar-refractivity contribution in [3.05, 3.63) is 41.2 Å². The Labute approximate surface area is 74.7 Å². The van der Waals surface area contributed by atoms with Crippen molar-refractivity contribution in [2.75, 3.05) is 0 Å². The van der Waals surface area contributed by atoms with Crippen LogP contribution in [-0.4, -0.2) is 12.6 Å². The van der Waals surface area contributed by atoms with Gasteiger partial charge < -0.3 is 0 Å². The molecule has 0 amide bonds. The summed E-state index contributed by atoms with van der Waals surface area (Å²) in [5.41, 5.74) is 0.750. The molecule has 0 saturated heterocycles. The van der Waals surface area contributed by atoms with Crippen LogP contribution in [0.25, 0.3) is 6.08 Å². The highest BCUT2D eigenvalue weighted by molar-refractivity contribution is 5.78. The molecule has 0 aliphatic heterocycles. The van der Waals surface area contributed by atoms with Crippen molar-refractivity contribution < 1.29 is 14.0 Å². The number of hydrogen-bond donors (Lipinski definition) is 0. The number of aldehydes is 2. The highest BCUT2D eigenvalue weighted by Gasteiger charge is 1.96. The van der Waals surface area contributed by atoms with Gasteiger partial charge in [-0.15, -0.1) is 0 Å². The monoisotopic (exact) mass is 178 g/mol. The smallest absolute Gasteiger partial charge is 0.150 e. The Morgan fingerprint density at radius 1 is 1.08 bits per heavy atom. The van der Waals surface area contributed by atoms with Gasteiger partial charge in [-0.1, -0.05) is 6.08 Å². The van der Waals surface area contributed by atoms with Crippen LogP contribution in [0.15, 0.2) is 24.3 Å². The van der Waals surface area contributed by atoms with Crippen LogP contribution in [0.3, 0.4) is 0 Å². The number of halogens is 1. The zero-order valence-electron chi connectivity index (χ0n) is 6.74. The van der Waals surface area contributed by atoms with E-state index >= 15 is 0 Å². The molecule has 66 valence electrons. The Morgan fingerprint density at radius 3 is 2.38 bits per heavy atom. The van der Waals surface area contributed by atoms with E-state index in [0.29, 0.717) is 18.1 Å². The molecule has 0 aliphatic rings. The number of carbonyl (C=O) groups is 2. The first-order valence-electron chi connectivity index (χ1n) is 3.64. The van der Waals surface area contributed by atoms with E-state index in [1.165, 1.54) is 24.3 Å². The van der Waals surface area contributed by atoms with E-state index in [4.69, 9.17) is 0 Å². The third-order valence-electron chi connectivity index (χ3n) is 1.45. The first kappa shape index (κ1) is 9.32. The van der Waals surface area contributed by atoms with Crippen molar-refractivity contribution in [2.24, 2.45) is 0 Å². The lowest BCUT2D eigenvalue weighted by atomic mass is 10.1. The summed E-state index contributed by atoms with van der Waals surface area (Å²) in [7, 11) is 0. The molecule has 0 N–H and O–H groups in total. The predicted molar refractivity (Wildman–Crippen MR) is 46.9 cm³/mol. The average molecular weight is 178 g/mol. The molecule has 0 aliphatic carbocycles. The quantitative estimate of drug-likeness (QED) is 0.522. The first-order chi connectivity index (χ1) is 6.26. The molecule has 0 spiro atoms. The lowest BCUT2D eigenvalue weighted by molar-refractivity contribution is -0.104. The topological polar surface area (TPSA) is 34.1 Å². The molecule has 0 bridgehead atoms. The van der Waals surface area contributed by atoms with Gasteiger partial charge in [0.25, 0.3) is 0 Å². The molecule has 0 radical (unpaired) electrons. The predicted octanol–water partition coefficient (Wildman–Crippen LogP) is 1.85. The van der Waals surface area contributed by atoms with Gasteiger partial charge in [-0.3, -0.25) is 9.59 Å². The van der Waals surface area contributed by atoms with Crippen LogP contribution in [0.4, 0.5) is 4.39 Å². The minimum Gasteiger partial charge on any atom is -0.299 e. The van der Waals surface area contributed by atoms with Crippen LogP contribution in [0.1, 0.15) is 15.9 Å². The van der Waals surface area contributed by atoms with E-state index in [1.54, 1.807) is 0 Å². The molecule has 2 nitrogen and oxygen atoms in total. The van der Waals surface area contributed by atoms with Crippen molar-refractivity contribution in [2.45, 2.75) is 0 Å². The average Bonchev–Trinajstić information content (AvgIpc) is 2.14. The molecule has 0 heterocycles. The van der Waals surface area contributed by atoms with Crippen molar-refractivity contribution in [1.29, 1.82) is 0 Å². The summed E-state index contributed by atoms with van der Waals surface area (Å²) in [6, 6.07) is 3.87. The van der Waals surface area contributed by atoms with E-state index < -0.39 is 5.82 Å².